The van der Waals surface area contributed by atoms with Crippen LogP contribution in [0.2, 0.25) is 0 Å². The molecule has 6 heteroatoms. The van der Waals surface area contributed by atoms with E-state index in [9.17, 15) is 4.79 Å². The SMILES string of the molecule is COc1cccc(OC)c1C(=O)N1CC(C)OC(CCl)C1. The lowest BCUT2D eigenvalue weighted by atomic mass is 10.1. The van der Waals surface area contributed by atoms with Crippen LogP contribution in [-0.2, 0) is 4.74 Å². The lowest BCUT2D eigenvalue weighted by Crippen LogP contribution is -2.49. The van der Waals surface area contributed by atoms with Crippen LogP contribution >= 0.6 is 11.6 Å². The zero-order valence-electron chi connectivity index (χ0n) is 12.5. The topological polar surface area (TPSA) is 48.0 Å². The van der Waals surface area contributed by atoms with E-state index in [2.05, 4.69) is 0 Å². The number of benzene rings is 1. The van der Waals surface area contributed by atoms with Crippen molar-refractivity contribution in [2.24, 2.45) is 0 Å². The van der Waals surface area contributed by atoms with Gasteiger partial charge in [-0.15, -0.1) is 11.6 Å². The van der Waals surface area contributed by atoms with Crippen LogP contribution < -0.4 is 9.47 Å². The fraction of sp³-hybridized carbons (Fsp3) is 0.533. The van der Waals surface area contributed by atoms with Gasteiger partial charge in [-0.1, -0.05) is 6.07 Å². The van der Waals surface area contributed by atoms with Crippen LogP contribution in [0.4, 0.5) is 0 Å². The average Bonchev–Trinajstić information content (AvgIpc) is 2.52. The number of halogens is 1. The molecule has 1 amide bonds. The molecule has 1 aromatic rings. The van der Waals surface area contributed by atoms with Crippen molar-refractivity contribution < 1.29 is 19.0 Å². The predicted octanol–water partition coefficient (Wildman–Crippen LogP) is 2.17. The highest BCUT2D eigenvalue weighted by Crippen LogP contribution is 2.30. The summed E-state index contributed by atoms with van der Waals surface area (Å²) in [4.78, 5) is 14.6. The number of carbonyl (C=O) groups is 1. The van der Waals surface area contributed by atoms with E-state index in [1.165, 1.54) is 14.2 Å². The van der Waals surface area contributed by atoms with Gasteiger partial charge in [-0.25, -0.2) is 0 Å². The predicted molar refractivity (Wildman–Crippen MR) is 80.5 cm³/mol. The number of amides is 1. The maximum Gasteiger partial charge on any atom is 0.261 e. The van der Waals surface area contributed by atoms with E-state index in [0.717, 1.165) is 0 Å². The van der Waals surface area contributed by atoms with Crippen LogP contribution in [0, 0.1) is 0 Å². The summed E-state index contributed by atoms with van der Waals surface area (Å²) in [5, 5.41) is 0. The van der Waals surface area contributed by atoms with E-state index in [0.29, 0.717) is 36.0 Å². The van der Waals surface area contributed by atoms with Crippen molar-refractivity contribution in [2.45, 2.75) is 19.1 Å². The Hall–Kier alpha value is -1.46. The standard InChI is InChI=1S/C15H20ClNO4/c1-10-8-17(9-11(7-16)21-10)15(18)14-12(19-2)5-4-6-13(14)20-3/h4-6,10-11H,7-9H2,1-3H3. The van der Waals surface area contributed by atoms with E-state index in [1.54, 1.807) is 23.1 Å². The largest absolute Gasteiger partial charge is 0.496 e. The van der Waals surface area contributed by atoms with E-state index in [1.807, 2.05) is 6.92 Å². The minimum Gasteiger partial charge on any atom is -0.496 e. The Morgan fingerprint density at radius 3 is 2.48 bits per heavy atom. The van der Waals surface area contributed by atoms with E-state index >= 15 is 0 Å². The number of rotatable bonds is 4. The molecule has 0 radical (unpaired) electrons. The van der Waals surface area contributed by atoms with Crippen molar-refractivity contribution >= 4 is 17.5 Å². The monoisotopic (exact) mass is 313 g/mol. The maximum absolute atomic E-state index is 12.8. The van der Waals surface area contributed by atoms with Gasteiger partial charge in [-0.3, -0.25) is 4.79 Å². The van der Waals surface area contributed by atoms with Gasteiger partial charge in [-0.05, 0) is 19.1 Å². The van der Waals surface area contributed by atoms with Gasteiger partial charge in [0.05, 0.1) is 32.3 Å². The van der Waals surface area contributed by atoms with Gasteiger partial charge in [0.25, 0.3) is 5.91 Å². The van der Waals surface area contributed by atoms with Crippen molar-refractivity contribution in [1.29, 1.82) is 0 Å². The molecule has 0 N–H and O–H groups in total. The van der Waals surface area contributed by atoms with Crippen LogP contribution in [0.1, 0.15) is 17.3 Å². The van der Waals surface area contributed by atoms with Crippen LogP contribution in [0.25, 0.3) is 0 Å². The summed E-state index contributed by atoms with van der Waals surface area (Å²) < 4.78 is 16.3. The maximum atomic E-state index is 12.8. The number of nitrogens with zero attached hydrogens (tertiary/aromatic N) is 1. The minimum atomic E-state index is -0.153. The first-order chi connectivity index (χ1) is 10.1. The Morgan fingerprint density at radius 1 is 1.33 bits per heavy atom. The fourth-order valence-electron chi connectivity index (χ4n) is 2.52. The van der Waals surface area contributed by atoms with Gasteiger partial charge in [0.2, 0.25) is 0 Å². The molecule has 2 rings (SSSR count). The Bertz CT molecular complexity index is 486. The Balaban J connectivity index is 2.31. The van der Waals surface area contributed by atoms with Crippen LogP contribution in [0.15, 0.2) is 18.2 Å². The van der Waals surface area contributed by atoms with Gasteiger partial charge in [-0.2, -0.15) is 0 Å². The number of alkyl halides is 1. The molecular weight excluding hydrogens is 294 g/mol. The lowest BCUT2D eigenvalue weighted by Gasteiger charge is -2.36. The number of methoxy groups -OCH3 is 2. The van der Waals surface area contributed by atoms with Gasteiger partial charge in [0.15, 0.2) is 0 Å². The third-order valence-corrected chi connectivity index (χ3v) is 3.77. The molecule has 21 heavy (non-hydrogen) atoms. The molecule has 1 heterocycles. The third kappa shape index (κ3) is 3.41. The number of hydrogen-bond donors (Lipinski definition) is 0. The fourth-order valence-corrected chi connectivity index (χ4v) is 2.69. The molecule has 1 aliphatic heterocycles. The Morgan fingerprint density at radius 2 is 1.95 bits per heavy atom. The van der Waals surface area contributed by atoms with Crippen molar-refractivity contribution in [2.75, 3.05) is 33.2 Å². The zero-order chi connectivity index (χ0) is 15.4. The van der Waals surface area contributed by atoms with E-state index in [-0.39, 0.29) is 18.1 Å². The molecule has 2 atom stereocenters. The molecule has 0 spiro atoms. The normalized spacial score (nSPS) is 22.0. The second kappa shape index (κ2) is 7.00. The molecule has 5 nitrogen and oxygen atoms in total. The molecule has 1 aliphatic rings. The van der Waals surface area contributed by atoms with Gasteiger partial charge >= 0.3 is 0 Å². The number of ether oxygens (including phenoxy) is 3. The summed E-state index contributed by atoms with van der Waals surface area (Å²) in [5.74, 6) is 1.23. The minimum absolute atomic E-state index is 0.0489. The molecular formula is C15H20ClNO4. The molecule has 0 aromatic heterocycles. The quantitative estimate of drug-likeness (QED) is 0.799. The lowest BCUT2D eigenvalue weighted by molar-refractivity contribution is -0.0571. The second-order valence-electron chi connectivity index (χ2n) is 4.97. The van der Waals surface area contributed by atoms with Gasteiger partial charge in [0, 0.05) is 13.1 Å². The molecule has 2 unspecified atom stereocenters. The van der Waals surface area contributed by atoms with Crippen LogP contribution in [-0.4, -0.2) is 56.2 Å². The highest BCUT2D eigenvalue weighted by molar-refractivity contribution is 6.18. The summed E-state index contributed by atoms with van der Waals surface area (Å²) in [6.07, 6.45) is -0.202. The summed E-state index contributed by atoms with van der Waals surface area (Å²) in [6.45, 7) is 2.92. The molecule has 1 fully saturated rings. The van der Waals surface area contributed by atoms with Gasteiger partial charge < -0.3 is 19.1 Å². The van der Waals surface area contributed by atoms with Crippen molar-refractivity contribution in [1.82, 2.24) is 4.90 Å². The molecule has 1 aromatic carbocycles. The first-order valence-corrected chi connectivity index (χ1v) is 7.35. The first-order valence-electron chi connectivity index (χ1n) is 6.82. The molecule has 0 saturated carbocycles. The number of hydrogen-bond acceptors (Lipinski definition) is 4. The first kappa shape index (κ1) is 15.9. The molecule has 0 aliphatic carbocycles. The number of morpholine rings is 1. The molecule has 1 saturated heterocycles. The van der Waals surface area contributed by atoms with E-state index < -0.39 is 0 Å². The number of carbonyl (C=O) groups excluding carboxylic acids is 1. The molecule has 0 bridgehead atoms. The summed E-state index contributed by atoms with van der Waals surface area (Å²) in [6, 6.07) is 5.29. The zero-order valence-corrected chi connectivity index (χ0v) is 13.2. The average molecular weight is 314 g/mol. The summed E-state index contributed by atoms with van der Waals surface area (Å²) >= 11 is 5.87. The highest BCUT2D eigenvalue weighted by atomic mass is 35.5. The Labute approximate surface area is 129 Å². The smallest absolute Gasteiger partial charge is 0.261 e. The van der Waals surface area contributed by atoms with Crippen molar-refractivity contribution in [3.63, 3.8) is 0 Å². The second-order valence-corrected chi connectivity index (χ2v) is 5.28. The van der Waals surface area contributed by atoms with E-state index in [4.69, 9.17) is 25.8 Å². The summed E-state index contributed by atoms with van der Waals surface area (Å²) in [5.41, 5.74) is 0.435. The van der Waals surface area contributed by atoms with Crippen molar-refractivity contribution in [3.05, 3.63) is 23.8 Å². The molecule has 116 valence electrons. The van der Waals surface area contributed by atoms with Crippen LogP contribution in [0.3, 0.4) is 0 Å². The van der Waals surface area contributed by atoms with Crippen molar-refractivity contribution in [3.8, 4) is 11.5 Å². The van der Waals surface area contributed by atoms with Crippen LogP contribution in [0.5, 0.6) is 11.5 Å². The highest BCUT2D eigenvalue weighted by Gasteiger charge is 2.31. The third-order valence-electron chi connectivity index (χ3n) is 3.43. The van der Waals surface area contributed by atoms with Gasteiger partial charge in [0.1, 0.15) is 17.1 Å². The Kier molecular flexibility index (Phi) is 5.31. The summed E-state index contributed by atoms with van der Waals surface area (Å²) in [7, 11) is 3.07.